The lowest BCUT2D eigenvalue weighted by Crippen LogP contribution is -1.83. The molecule has 1 heterocycles. The molecule has 0 bridgehead atoms. The van der Waals surface area contributed by atoms with Crippen molar-refractivity contribution in [1.82, 2.24) is 4.98 Å². The van der Waals surface area contributed by atoms with Crippen molar-refractivity contribution >= 4 is 40.6 Å². The minimum absolute atomic E-state index is 0.575. The van der Waals surface area contributed by atoms with Gasteiger partial charge in [0.2, 0.25) is 0 Å². The van der Waals surface area contributed by atoms with Crippen molar-refractivity contribution in [3.63, 3.8) is 0 Å². The molecule has 2 aromatic rings. The summed E-state index contributed by atoms with van der Waals surface area (Å²) < 4.78 is 3.17. The van der Waals surface area contributed by atoms with E-state index in [4.69, 9.17) is 11.6 Å². The second-order valence-corrected chi connectivity index (χ2v) is 4.68. The number of nitrogens with one attached hydrogen (secondary N) is 1. The van der Waals surface area contributed by atoms with Crippen LogP contribution >= 0.6 is 34.9 Å². The number of nitrogens with zero attached hydrogens (tertiary/aromatic N) is 1. The Balaban J connectivity index is 2.28. The summed E-state index contributed by atoms with van der Waals surface area (Å²) in [4.78, 5) is 5.04. The SMILES string of the molecule is CSNc1ccc(-c2scnc2Cl)cc1. The first kappa shape index (κ1) is 10.8. The van der Waals surface area contributed by atoms with Crippen LogP contribution < -0.4 is 4.72 Å². The van der Waals surface area contributed by atoms with E-state index < -0.39 is 0 Å². The Kier molecular flexibility index (Phi) is 3.51. The molecule has 2 rings (SSSR count). The Morgan fingerprint density at radius 3 is 2.60 bits per heavy atom. The predicted octanol–water partition coefficient (Wildman–Crippen LogP) is 4.15. The van der Waals surface area contributed by atoms with Gasteiger partial charge < -0.3 is 4.72 Å². The number of hydrogen-bond donors (Lipinski definition) is 1. The van der Waals surface area contributed by atoms with Gasteiger partial charge in [0.05, 0.1) is 10.4 Å². The van der Waals surface area contributed by atoms with Gasteiger partial charge in [-0.2, -0.15) is 0 Å². The average Bonchev–Trinajstić information content (AvgIpc) is 2.66. The van der Waals surface area contributed by atoms with Gasteiger partial charge in [-0.25, -0.2) is 4.98 Å². The third-order valence-electron chi connectivity index (χ3n) is 1.89. The van der Waals surface area contributed by atoms with Crippen LogP contribution in [0.5, 0.6) is 0 Å². The molecule has 0 spiro atoms. The standard InChI is InChI=1S/C10H9ClN2S2/c1-14-13-8-4-2-7(3-5-8)9-10(11)12-6-15-9/h2-6,13H,1H3. The Morgan fingerprint density at radius 1 is 1.33 bits per heavy atom. The van der Waals surface area contributed by atoms with E-state index in [1.807, 2.05) is 30.5 Å². The van der Waals surface area contributed by atoms with Crippen molar-refractivity contribution < 1.29 is 0 Å². The van der Waals surface area contributed by atoms with E-state index >= 15 is 0 Å². The monoisotopic (exact) mass is 256 g/mol. The highest BCUT2D eigenvalue weighted by atomic mass is 35.5. The summed E-state index contributed by atoms with van der Waals surface area (Å²) in [5.41, 5.74) is 3.95. The number of hydrogen-bond acceptors (Lipinski definition) is 4. The summed E-state index contributed by atoms with van der Waals surface area (Å²) in [6.07, 6.45) is 1.99. The van der Waals surface area contributed by atoms with Crippen LogP contribution in [0.2, 0.25) is 5.15 Å². The van der Waals surface area contributed by atoms with Gasteiger partial charge in [0.15, 0.2) is 0 Å². The molecule has 0 aliphatic heterocycles. The Hall–Kier alpha value is -0.710. The van der Waals surface area contributed by atoms with Crippen molar-refractivity contribution in [3.8, 4) is 10.4 Å². The summed E-state index contributed by atoms with van der Waals surface area (Å²) in [5, 5.41) is 0.575. The lowest BCUT2D eigenvalue weighted by atomic mass is 10.2. The van der Waals surface area contributed by atoms with E-state index in [0.29, 0.717) is 5.15 Å². The fourth-order valence-electron chi connectivity index (χ4n) is 1.23. The second kappa shape index (κ2) is 4.88. The fraction of sp³-hybridized carbons (Fsp3) is 0.100. The summed E-state index contributed by atoms with van der Waals surface area (Å²) in [6, 6.07) is 8.14. The van der Waals surface area contributed by atoms with Crippen LogP contribution in [0.1, 0.15) is 0 Å². The molecule has 0 amide bonds. The lowest BCUT2D eigenvalue weighted by molar-refractivity contribution is 1.42. The molecule has 0 saturated carbocycles. The molecule has 1 N–H and O–H groups in total. The van der Waals surface area contributed by atoms with Crippen LogP contribution in [0, 0.1) is 0 Å². The number of benzene rings is 1. The van der Waals surface area contributed by atoms with Gasteiger partial charge in [-0.3, -0.25) is 0 Å². The van der Waals surface area contributed by atoms with Crippen LogP contribution in [-0.2, 0) is 0 Å². The quantitative estimate of drug-likeness (QED) is 0.835. The molecule has 0 radical (unpaired) electrons. The largest absolute Gasteiger partial charge is 0.330 e. The van der Waals surface area contributed by atoms with Crippen molar-refractivity contribution in [2.24, 2.45) is 0 Å². The Bertz CT molecular complexity index is 439. The zero-order valence-corrected chi connectivity index (χ0v) is 10.4. The summed E-state index contributed by atoms with van der Waals surface area (Å²) in [6.45, 7) is 0. The number of anilines is 1. The molecule has 15 heavy (non-hydrogen) atoms. The third-order valence-corrected chi connectivity index (χ3v) is 3.60. The van der Waals surface area contributed by atoms with Crippen molar-refractivity contribution in [2.45, 2.75) is 0 Å². The van der Waals surface area contributed by atoms with E-state index in [1.165, 1.54) is 0 Å². The number of thiazole rings is 1. The first-order valence-electron chi connectivity index (χ1n) is 4.29. The van der Waals surface area contributed by atoms with Crippen LogP contribution in [0.25, 0.3) is 10.4 Å². The molecule has 5 heteroatoms. The van der Waals surface area contributed by atoms with E-state index in [-0.39, 0.29) is 0 Å². The van der Waals surface area contributed by atoms with Gasteiger partial charge in [-0.05, 0) is 17.7 Å². The van der Waals surface area contributed by atoms with E-state index in [2.05, 4.69) is 9.71 Å². The second-order valence-electron chi connectivity index (χ2n) is 2.86. The maximum Gasteiger partial charge on any atom is 0.147 e. The predicted molar refractivity (Wildman–Crippen MR) is 69.7 cm³/mol. The third kappa shape index (κ3) is 2.45. The molecule has 0 saturated heterocycles. The van der Waals surface area contributed by atoms with Crippen molar-refractivity contribution in [2.75, 3.05) is 11.0 Å². The first-order chi connectivity index (χ1) is 7.31. The van der Waals surface area contributed by atoms with Crippen molar-refractivity contribution in [3.05, 3.63) is 34.9 Å². The topological polar surface area (TPSA) is 24.9 Å². The zero-order valence-electron chi connectivity index (χ0n) is 8.03. The number of aromatic nitrogens is 1. The lowest BCUT2D eigenvalue weighted by Gasteiger charge is -2.03. The van der Waals surface area contributed by atoms with Crippen LogP contribution in [0.3, 0.4) is 0 Å². The maximum absolute atomic E-state index is 5.95. The molecule has 1 aromatic heterocycles. The summed E-state index contributed by atoms with van der Waals surface area (Å²) >= 11 is 9.08. The molecule has 0 atom stereocenters. The van der Waals surface area contributed by atoms with Gasteiger partial charge in [0.25, 0.3) is 0 Å². The molecule has 0 unspecified atom stereocenters. The molecule has 2 nitrogen and oxygen atoms in total. The maximum atomic E-state index is 5.95. The van der Waals surface area contributed by atoms with E-state index in [1.54, 1.807) is 28.8 Å². The number of halogens is 1. The molecule has 0 aliphatic rings. The first-order valence-corrected chi connectivity index (χ1v) is 6.78. The molecular formula is C10H9ClN2S2. The minimum atomic E-state index is 0.575. The molecule has 0 aliphatic carbocycles. The molecule has 0 fully saturated rings. The van der Waals surface area contributed by atoms with Crippen molar-refractivity contribution in [1.29, 1.82) is 0 Å². The van der Waals surface area contributed by atoms with Crippen LogP contribution in [0.15, 0.2) is 29.8 Å². The fourth-order valence-corrected chi connectivity index (χ4v) is 2.63. The highest BCUT2D eigenvalue weighted by Gasteiger charge is 2.05. The van der Waals surface area contributed by atoms with E-state index in [0.717, 1.165) is 16.1 Å². The summed E-state index contributed by atoms with van der Waals surface area (Å²) in [7, 11) is 0. The molecule has 1 aromatic carbocycles. The Labute approximate surface area is 102 Å². The van der Waals surface area contributed by atoms with Gasteiger partial charge in [-0.1, -0.05) is 35.7 Å². The van der Waals surface area contributed by atoms with Crippen LogP contribution in [0.4, 0.5) is 5.69 Å². The van der Waals surface area contributed by atoms with E-state index in [9.17, 15) is 0 Å². The minimum Gasteiger partial charge on any atom is -0.330 e. The molecular weight excluding hydrogens is 248 g/mol. The van der Waals surface area contributed by atoms with Gasteiger partial charge >= 0.3 is 0 Å². The van der Waals surface area contributed by atoms with Gasteiger partial charge in [0, 0.05) is 11.9 Å². The highest BCUT2D eigenvalue weighted by Crippen LogP contribution is 2.31. The Morgan fingerprint density at radius 2 is 2.07 bits per heavy atom. The average molecular weight is 257 g/mol. The van der Waals surface area contributed by atoms with Gasteiger partial charge in [0.1, 0.15) is 5.15 Å². The number of rotatable bonds is 3. The van der Waals surface area contributed by atoms with Gasteiger partial charge in [-0.15, -0.1) is 11.3 Å². The summed E-state index contributed by atoms with van der Waals surface area (Å²) in [5.74, 6) is 0. The zero-order chi connectivity index (χ0) is 10.7. The molecule has 78 valence electrons. The highest BCUT2D eigenvalue weighted by molar-refractivity contribution is 7.99. The normalized spacial score (nSPS) is 10.3. The van der Waals surface area contributed by atoms with Crippen LogP contribution in [-0.4, -0.2) is 11.2 Å². The smallest absolute Gasteiger partial charge is 0.147 e.